The summed E-state index contributed by atoms with van der Waals surface area (Å²) in [6.45, 7) is -0.637. The Labute approximate surface area is 174 Å². The fourth-order valence-corrected chi connectivity index (χ4v) is 4.01. The molecule has 1 saturated carbocycles. The number of fused-ring (bicyclic) bond motifs is 1. The number of Topliss-reactive ketones (excluding diaryl/α,β-unsaturated/α-hetero) is 1. The van der Waals surface area contributed by atoms with Gasteiger partial charge >= 0.3 is 5.97 Å². The zero-order valence-corrected chi connectivity index (χ0v) is 16.8. The van der Waals surface area contributed by atoms with Crippen molar-refractivity contribution >= 4 is 22.7 Å². The van der Waals surface area contributed by atoms with Gasteiger partial charge in [0.2, 0.25) is 0 Å². The molecule has 0 radical (unpaired) electrons. The first-order valence-electron chi connectivity index (χ1n) is 10.3. The minimum absolute atomic E-state index is 0.262. The van der Waals surface area contributed by atoms with E-state index >= 15 is 0 Å². The lowest BCUT2D eigenvalue weighted by atomic mass is 9.84. The zero-order chi connectivity index (χ0) is 20.9. The summed E-state index contributed by atoms with van der Waals surface area (Å²) < 4.78 is 6.29. The molecule has 6 heteroatoms. The van der Waals surface area contributed by atoms with Gasteiger partial charge in [-0.05, 0) is 36.5 Å². The summed E-state index contributed by atoms with van der Waals surface area (Å²) in [5, 5.41) is 0.432. The van der Waals surface area contributed by atoms with Crippen molar-refractivity contribution in [3.05, 3.63) is 76.3 Å². The molecule has 0 atom stereocenters. The average Bonchev–Trinajstić information content (AvgIpc) is 2.80. The third kappa shape index (κ3) is 4.48. The van der Waals surface area contributed by atoms with Crippen LogP contribution in [0, 0.1) is 0 Å². The van der Waals surface area contributed by atoms with Crippen LogP contribution in [0.2, 0.25) is 0 Å². The molecule has 0 spiro atoms. The van der Waals surface area contributed by atoms with Gasteiger partial charge < -0.3 is 4.74 Å². The Morgan fingerprint density at radius 3 is 2.50 bits per heavy atom. The zero-order valence-electron chi connectivity index (χ0n) is 16.8. The smallest absolute Gasteiger partial charge is 0.326 e. The number of ether oxygens (including phenoxy) is 1. The van der Waals surface area contributed by atoms with Crippen LogP contribution < -0.4 is 5.56 Å². The van der Waals surface area contributed by atoms with E-state index in [2.05, 4.69) is 4.98 Å². The van der Waals surface area contributed by atoms with Crippen LogP contribution in [0.5, 0.6) is 0 Å². The van der Waals surface area contributed by atoms with Crippen LogP contribution in [-0.4, -0.2) is 27.9 Å². The van der Waals surface area contributed by atoms with Crippen LogP contribution in [0.1, 0.15) is 53.9 Å². The number of aromatic nitrogens is 2. The standard InChI is InChI=1S/C24H24N2O4/c27-22(19-12-10-18(11-13-19)17-6-2-1-3-7-17)15-30-23(28)14-26-16-25-21-9-5-4-8-20(21)24(26)29/h4-5,8-13,16-17H,1-3,6-7,14-15H2. The number of carbonyl (C=O) groups is 2. The third-order valence-corrected chi connectivity index (χ3v) is 5.70. The molecule has 30 heavy (non-hydrogen) atoms. The van der Waals surface area contributed by atoms with Crippen molar-refractivity contribution in [1.29, 1.82) is 0 Å². The van der Waals surface area contributed by atoms with E-state index < -0.39 is 5.97 Å². The number of benzene rings is 2. The molecule has 2 aromatic carbocycles. The van der Waals surface area contributed by atoms with Crippen molar-refractivity contribution in [3.63, 3.8) is 0 Å². The van der Waals surface area contributed by atoms with Gasteiger partial charge in [-0.3, -0.25) is 19.0 Å². The number of hydrogen-bond donors (Lipinski definition) is 0. The van der Waals surface area contributed by atoms with Crippen molar-refractivity contribution in [2.75, 3.05) is 6.61 Å². The van der Waals surface area contributed by atoms with Crippen molar-refractivity contribution in [1.82, 2.24) is 9.55 Å². The molecule has 0 amide bonds. The lowest BCUT2D eigenvalue weighted by molar-refractivity contribution is -0.143. The highest BCUT2D eigenvalue weighted by Gasteiger charge is 2.17. The number of carbonyl (C=O) groups excluding carboxylic acids is 2. The molecule has 1 fully saturated rings. The Bertz CT molecular complexity index is 1110. The van der Waals surface area contributed by atoms with Gasteiger partial charge in [0.15, 0.2) is 12.4 Å². The van der Waals surface area contributed by atoms with Gasteiger partial charge in [-0.1, -0.05) is 55.7 Å². The van der Waals surface area contributed by atoms with Crippen LogP contribution >= 0.6 is 0 Å². The maximum Gasteiger partial charge on any atom is 0.326 e. The first-order chi connectivity index (χ1) is 14.6. The van der Waals surface area contributed by atoms with Crippen molar-refractivity contribution in [2.45, 2.75) is 44.6 Å². The molecule has 6 nitrogen and oxygen atoms in total. The molecule has 1 aromatic heterocycles. The molecule has 3 aromatic rings. The maximum absolute atomic E-state index is 12.4. The molecule has 1 heterocycles. The van der Waals surface area contributed by atoms with E-state index in [1.165, 1.54) is 48.6 Å². The molecule has 0 N–H and O–H groups in total. The van der Waals surface area contributed by atoms with Crippen molar-refractivity contribution < 1.29 is 14.3 Å². The number of esters is 1. The Kier molecular flexibility index (Phi) is 6.02. The fraction of sp³-hybridized carbons (Fsp3) is 0.333. The highest BCUT2D eigenvalue weighted by Crippen LogP contribution is 2.32. The first-order valence-corrected chi connectivity index (χ1v) is 10.3. The number of rotatable bonds is 6. The molecule has 154 valence electrons. The van der Waals surface area contributed by atoms with Gasteiger partial charge in [0.25, 0.3) is 5.56 Å². The summed E-state index contributed by atoms with van der Waals surface area (Å²) >= 11 is 0. The summed E-state index contributed by atoms with van der Waals surface area (Å²) in [5.74, 6) is -0.335. The SMILES string of the molecule is O=C(Cn1cnc2ccccc2c1=O)OCC(=O)c1ccc(C2CCCCC2)cc1. The van der Waals surface area contributed by atoms with Gasteiger partial charge in [0, 0.05) is 5.56 Å². The monoisotopic (exact) mass is 404 g/mol. The van der Waals surface area contributed by atoms with E-state index in [4.69, 9.17) is 4.74 Å². The lowest BCUT2D eigenvalue weighted by Gasteiger charge is -2.22. The quantitative estimate of drug-likeness (QED) is 0.460. The second-order valence-corrected chi connectivity index (χ2v) is 7.74. The van der Waals surface area contributed by atoms with Crippen LogP contribution in [0.15, 0.2) is 59.7 Å². The summed E-state index contributed by atoms with van der Waals surface area (Å²) in [5.41, 5.74) is 2.04. The van der Waals surface area contributed by atoms with E-state index in [0.29, 0.717) is 22.4 Å². The van der Waals surface area contributed by atoms with Gasteiger partial charge in [-0.15, -0.1) is 0 Å². The van der Waals surface area contributed by atoms with Gasteiger partial charge in [-0.2, -0.15) is 0 Å². The Hall–Kier alpha value is -3.28. The summed E-state index contributed by atoms with van der Waals surface area (Å²) in [6.07, 6.45) is 7.55. The van der Waals surface area contributed by atoms with Gasteiger partial charge in [0.1, 0.15) is 6.54 Å². The Morgan fingerprint density at radius 1 is 1.00 bits per heavy atom. The lowest BCUT2D eigenvalue weighted by Crippen LogP contribution is -2.26. The highest BCUT2D eigenvalue weighted by molar-refractivity contribution is 5.98. The molecule has 1 aliphatic carbocycles. The van der Waals surface area contributed by atoms with E-state index in [1.807, 2.05) is 12.1 Å². The van der Waals surface area contributed by atoms with E-state index in [9.17, 15) is 14.4 Å². The fourth-order valence-electron chi connectivity index (χ4n) is 4.01. The number of para-hydroxylation sites is 1. The molecule has 1 aliphatic rings. The summed E-state index contributed by atoms with van der Waals surface area (Å²) in [7, 11) is 0. The first kappa shape index (κ1) is 20.0. The maximum atomic E-state index is 12.4. The molecule has 0 unspecified atom stereocenters. The van der Waals surface area contributed by atoms with Gasteiger partial charge in [-0.25, -0.2) is 4.98 Å². The summed E-state index contributed by atoms with van der Waals surface area (Å²) in [6, 6.07) is 14.5. The average molecular weight is 404 g/mol. The molecule has 0 aliphatic heterocycles. The minimum atomic E-state index is -0.652. The van der Waals surface area contributed by atoms with Crippen molar-refractivity contribution in [2.24, 2.45) is 0 Å². The predicted molar refractivity (Wildman–Crippen MR) is 114 cm³/mol. The summed E-state index contributed by atoms with van der Waals surface area (Å²) in [4.78, 5) is 41.1. The number of hydrogen-bond acceptors (Lipinski definition) is 5. The van der Waals surface area contributed by atoms with Crippen LogP contribution in [-0.2, 0) is 16.1 Å². The van der Waals surface area contributed by atoms with E-state index in [0.717, 1.165) is 0 Å². The second-order valence-electron chi connectivity index (χ2n) is 7.74. The normalized spacial score (nSPS) is 14.5. The highest BCUT2D eigenvalue weighted by atomic mass is 16.5. The molecular formula is C24H24N2O4. The third-order valence-electron chi connectivity index (χ3n) is 5.70. The molecule has 0 saturated heterocycles. The Balaban J connectivity index is 1.34. The molecule has 4 rings (SSSR count). The Morgan fingerprint density at radius 2 is 1.73 bits per heavy atom. The van der Waals surface area contributed by atoms with E-state index in [1.54, 1.807) is 36.4 Å². The van der Waals surface area contributed by atoms with Gasteiger partial charge in [0.05, 0.1) is 17.2 Å². The van der Waals surface area contributed by atoms with Crippen LogP contribution in [0.3, 0.4) is 0 Å². The second kappa shape index (κ2) is 9.03. The molecular weight excluding hydrogens is 380 g/mol. The van der Waals surface area contributed by atoms with Crippen LogP contribution in [0.4, 0.5) is 0 Å². The number of nitrogens with zero attached hydrogens (tertiary/aromatic N) is 2. The largest absolute Gasteiger partial charge is 0.456 e. The minimum Gasteiger partial charge on any atom is -0.456 e. The predicted octanol–water partition coefficient (Wildman–Crippen LogP) is 3.87. The van der Waals surface area contributed by atoms with Crippen LogP contribution in [0.25, 0.3) is 10.9 Å². The molecule has 0 bridgehead atoms. The topological polar surface area (TPSA) is 78.3 Å². The van der Waals surface area contributed by atoms with E-state index in [-0.39, 0.29) is 24.5 Å². The number of ketones is 1. The van der Waals surface area contributed by atoms with Crippen molar-refractivity contribution in [3.8, 4) is 0 Å².